The number of hydrogen-bond acceptors (Lipinski definition) is 4. The monoisotopic (exact) mass is 303 g/mol. The van der Waals surface area contributed by atoms with Crippen LogP contribution in [0.25, 0.3) is 0 Å². The highest BCUT2D eigenvalue weighted by Crippen LogP contribution is 2.26. The number of ketones is 1. The molecule has 0 aromatic rings. The van der Waals surface area contributed by atoms with Gasteiger partial charge in [-0.1, -0.05) is 19.3 Å². The Morgan fingerprint density at radius 1 is 1.30 bits per heavy atom. The van der Waals surface area contributed by atoms with Crippen LogP contribution in [0.15, 0.2) is 0 Å². The minimum Gasteiger partial charge on any atom is -0.465 e. The number of piperidine rings is 1. The summed E-state index contributed by atoms with van der Waals surface area (Å²) in [6.45, 7) is 4.55. The Hall–Kier alpha value is -0.610. The number of carbonyl (C=O) groups excluding carboxylic acids is 2. The summed E-state index contributed by atoms with van der Waals surface area (Å²) in [6, 6.07) is 0. The molecule has 1 aliphatic heterocycles. The Bertz CT molecular complexity index is 329. The summed E-state index contributed by atoms with van der Waals surface area (Å²) in [6.07, 6.45) is 7.12. The normalized spacial score (nSPS) is 25.1. The van der Waals surface area contributed by atoms with Crippen molar-refractivity contribution in [2.24, 2.45) is 11.8 Å². The van der Waals surface area contributed by atoms with Crippen molar-refractivity contribution in [1.82, 2.24) is 4.90 Å². The third kappa shape index (κ3) is 4.74. The molecule has 0 amide bonds. The number of nitrogens with zero attached hydrogens (tertiary/aromatic N) is 1. The first kappa shape index (κ1) is 17.4. The number of hydrogen-bond donors (Lipinski definition) is 0. The Morgan fingerprint density at radius 3 is 2.65 bits per heavy atom. The lowest BCUT2D eigenvalue weighted by Gasteiger charge is -2.34. The van der Waals surface area contributed by atoms with Gasteiger partial charge in [-0.2, -0.15) is 0 Å². The van der Waals surface area contributed by atoms with Crippen LogP contribution in [0.2, 0.25) is 0 Å². The van der Waals surface area contributed by atoms with E-state index in [0.717, 1.165) is 19.0 Å². The van der Waals surface area contributed by atoms with Crippen molar-refractivity contribution in [3.05, 3.63) is 0 Å². The lowest BCUT2D eigenvalue weighted by molar-refractivity contribution is -0.154. The molecule has 1 unspecified atom stereocenters. The third-order valence-corrected chi connectivity index (χ3v) is 4.32. The van der Waals surface area contributed by atoms with Crippen molar-refractivity contribution in [2.45, 2.75) is 45.4 Å². The van der Waals surface area contributed by atoms with Gasteiger partial charge in [-0.3, -0.25) is 9.59 Å². The Balaban J connectivity index is 0.00000200. The van der Waals surface area contributed by atoms with Crippen LogP contribution < -0.4 is 0 Å². The van der Waals surface area contributed by atoms with Crippen LogP contribution in [0.1, 0.15) is 45.4 Å². The number of Topliss-reactive ketones (excluding diaryl/α,β-unsaturated/α-hetero) is 1. The molecule has 2 fully saturated rings. The maximum atomic E-state index is 11.8. The number of rotatable bonds is 4. The molecular formula is C15H26ClNO3. The maximum Gasteiger partial charge on any atom is 0.317 e. The van der Waals surface area contributed by atoms with Crippen LogP contribution >= 0.6 is 12.4 Å². The first-order valence-electron chi connectivity index (χ1n) is 7.62. The summed E-state index contributed by atoms with van der Waals surface area (Å²) in [5.41, 5.74) is 0. The molecule has 0 spiro atoms. The molecule has 0 N–H and O–H groups in total. The van der Waals surface area contributed by atoms with E-state index in [1.54, 1.807) is 6.92 Å². The summed E-state index contributed by atoms with van der Waals surface area (Å²) in [5, 5.41) is 0. The number of esters is 1. The van der Waals surface area contributed by atoms with Crippen LogP contribution in [-0.2, 0) is 14.3 Å². The molecule has 5 heteroatoms. The first-order valence-corrected chi connectivity index (χ1v) is 7.62. The molecule has 1 atom stereocenters. The second-order valence-corrected chi connectivity index (χ2v) is 5.78. The van der Waals surface area contributed by atoms with Gasteiger partial charge in [0.05, 0.1) is 6.61 Å². The van der Waals surface area contributed by atoms with Crippen molar-refractivity contribution in [3.8, 4) is 0 Å². The molecule has 0 bridgehead atoms. The number of ether oxygens (including phenoxy) is 1. The Labute approximate surface area is 127 Å². The van der Waals surface area contributed by atoms with Gasteiger partial charge in [0.15, 0.2) is 0 Å². The molecule has 116 valence electrons. The van der Waals surface area contributed by atoms with Gasteiger partial charge in [-0.25, -0.2) is 0 Å². The maximum absolute atomic E-state index is 11.8. The average molecular weight is 304 g/mol. The molecule has 2 aliphatic rings. The minimum absolute atomic E-state index is 0. The zero-order valence-electron chi connectivity index (χ0n) is 12.3. The standard InChI is InChI=1S/C15H25NO3.ClH/c1-2-19-15(18)13-11-16(9-8-14(13)17)10-12-6-4-3-5-7-12;/h12-13H,2-11H2,1H3;1H. The van der Waals surface area contributed by atoms with E-state index in [1.165, 1.54) is 32.1 Å². The SMILES string of the molecule is CCOC(=O)C1CN(CC2CCCCC2)CCC1=O.Cl. The molecule has 0 radical (unpaired) electrons. The van der Waals surface area contributed by atoms with Gasteiger partial charge in [-0.15, -0.1) is 12.4 Å². The van der Waals surface area contributed by atoms with Gasteiger partial charge in [0.25, 0.3) is 0 Å². The highest BCUT2D eigenvalue weighted by Gasteiger charge is 2.34. The highest BCUT2D eigenvalue weighted by molar-refractivity contribution is 5.99. The smallest absolute Gasteiger partial charge is 0.317 e. The molecule has 0 aromatic heterocycles. The second-order valence-electron chi connectivity index (χ2n) is 5.78. The molecule has 2 rings (SSSR count). The second kappa shape index (κ2) is 8.63. The van der Waals surface area contributed by atoms with Crippen LogP contribution in [0.3, 0.4) is 0 Å². The van der Waals surface area contributed by atoms with Crippen LogP contribution in [0.4, 0.5) is 0 Å². The topological polar surface area (TPSA) is 46.6 Å². The van der Waals surface area contributed by atoms with Crippen molar-refractivity contribution >= 4 is 24.2 Å². The highest BCUT2D eigenvalue weighted by atomic mass is 35.5. The van der Waals surface area contributed by atoms with Gasteiger partial charge in [0.2, 0.25) is 0 Å². The van der Waals surface area contributed by atoms with Crippen LogP contribution in [-0.4, -0.2) is 42.9 Å². The third-order valence-electron chi connectivity index (χ3n) is 4.32. The zero-order chi connectivity index (χ0) is 13.7. The first-order chi connectivity index (χ1) is 9.20. The molecule has 4 nitrogen and oxygen atoms in total. The van der Waals surface area contributed by atoms with E-state index in [9.17, 15) is 9.59 Å². The zero-order valence-corrected chi connectivity index (χ0v) is 13.1. The van der Waals surface area contributed by atoms with E-state index >= 15 is 0 Å². The van der Waals surface area contributed by atoms with Crippen molar-refractivity contribution in [1.29, 1.82) is 0 Å². The lowest BCUT2D eigenvalue weighted by atomic mass is 9.87. The molecule has 1 heterocycles. The molecule has 0 aromatic carbocycles. The van der Waals surface area contributed by atoms with E-state index < -0.39 is 5.92 Å². The van der Waals surface area contributed by atoms with Gasteiger partial charge in [-0.05, 0) is 25.7 Å². The molecule has 20 heavy (non-hydrogen) atoms. The lowest BCUT2D eigenvalue weighted by Crippen LogP contribution is -2.46. The fraction of sp³-hybridized carbons (Fsp3) is 0.867. The molecule has 1 aliphatic carbocycles. The summed E-state index contributed by atoms with van der Waals surface area (Å²) in [4.78, 5) is 25.9. The summed E-state index contributed by atoms with van der Waals surface area (Å²) in [5.74, 6) is -0.0683. The summed E-state index contributed by atoms with van der Waals surface area (Å²) >= 11 is 0. The van der Waals surface area contributed by atoms with Crippen molar-refractivity contribution < 1.29 is 14.3 Å². The fourth-order valence-electron chi connectivity index (χ4n) is 3.24. The van der Waals surface area contributed by atoms with Gasteiger partial charge >= 0.3 is 5.97 Å². The molecular weight excluding hydrogens is 278 g/mol. The number of likely N-dealkylation sites (tertiary alicyclic amines) is 1. The minimum atomic E-state index is -0.544. The molecule has 1 saturated carbocycles. The number of halogens is 1. The summed E-state index contributed by atoms with van der Waals surface area (Å²) in [7, 11) is 0. The fourth-order valence-corrected chi connectivity index (χ4v) is 3.24. The predicted octanol–water partition coefficient (Wildman–Crippen LogP) is 2.44. The van der Waals surface area contributed by atoms with Crippen LogP contribution in [0, 0.1) is 11.8 Å². The van der Waals surface area contributed by atoms with E-state index in [1.807, 2.05) is 0 Å². The summed E-state index contributed by atoms with van der Waals surface area (Å²) < 4.78 is 5.00. The molecule has 1 saturated heterocycles. The van der Waals surface area contributed by atoms with E-state index in [-0.39, 0.29) is 24.2 Å². The quantitative estimate of drug-likeness (QED) is 0.591. The van der Waals surface area contributed by atoms with Gasteiger partial charge < -0.3 is 9.64 Å². The van der Waals surface area contributed by atoms with E-state index in [2.05, 4.69) is 4.90 Å². The number of carbonyl (C=O) groups is 2. The van der Waals surface area contributed by atoms with Gasteiger partial charge in [0, 0.05) is 26.1 Å². The predicted molar refractivity (Wildman–Crippen MR) is 80.0 cm³/mol. The van der Waals surface area contributed by atoms with E-state index in [0.29, 0.717) is 19.6 Å². The Kier molecular flexibility index (Phi) is 7.52. The van der Waals surface area contributed by atoms with Gasteiger partial charge in [0.1, 0.15) is 11.7 Å². The Morgan fingerprint density at radius 2 is 2.00 bits per heavy atom. The largest absolute Gasteiger partial charge is 0.465 e. The van der Waals surface area contributed by atoms with Crippen molar-refractivity contribution in [3.63, 3.8) is 0 Å². The average Bonchev–Trinajstić information content (AvgIpc) is 2.42. The van der Waals surface area contributed by atoms with Crippen LogP contribution in [0.5, 0.6) is 0 Å². The van der Waals surface area contributed by atoms with E-state index in [4.69, 9.17) is 4.74 Å². The van der Waals surface area contributed by atoms with Crippen molar-refractivity contribution in [2.75, 3.05) is 26.2 Å².